The molecule has 3 aliphatic rings. The number of carbonyl (C=O) groups excluding carboxylic acids is 2. The normalized spacial score (nSPS) is 26.3. The number of aliphatic hydroxyl groups excluding tert-OH is 1. The third-order valence-corrected chi connectivity index (χ3v) is 7.74. The topological polar surface area (TPSA) is 91.6 Å². The van der Waals surface area contributed by atoms with Crippen LogP contribution < -0.4 is 10.9 Å². The molecule has 0 spiro atoms. The molecule has 33 heavy (non-hydrogen) atoms. The van der Waals surface area contributed by atoms with Crippen molar-refractivity contribution in [2.75, 3.05) is 13.2 Å². The lowest BCUT2D eigenvalue weighted by Gasteiger charge is -2.39. The fourth-order valence-electron chi connectivity index (χ4n) is 6.14. The predicted molar refractivity (Wildman–Crippen MR) is 123 cm³/mol. The quantitative estimate of drug-likeness (QED) is 0.705. The smallest absolute Gasteiger partial charge is 0.250 e. The summed E-state index contributed by atoms with van der Waals surface area (Å²) in [7, 11) is 0. The molecule has 174 valence electrons. The number of amides is 2. The molecule has 2 aromatic rings. The van der Waals surface area contributed by atoms with Gasteiger partial charge in [0.1, 0.15) is 0 Å². The summed E-state index contributed by atoms with van der Waals surface area (Å²) in [6.07, 6.45) is 4.53. The molecule has 1 aromatic carbocycles. The molecular weight excluding hydrogens is 418 g/mol. The molecule has 7 heteroatoms. The van der Waals surface area contributed by atoms with E-state index in [4.69, 9.17) is 0 Å². The van der Waals surface area contributed by atoms with E-state index < -0.39 is 17.9 Å². The number of fused-ring (bicyclic) bond motifs is 4. The van der Waals surface area contributed by atoms with Crippen LogP contribution in [0, 0.1) is 17.8 Å². The van der Waals surface area contributed by atoms with E-state index in [-0.39, 0.29) is 35.9 Å². The Balaban J connectivity index is 1.45. The molecule has 1 saturated carbocycles. The van der Waals surface area contributed by atoms with Crippen LogP contribution in [0.2, 0.25) is 0 Å². The van der Waals surface area contributed by atoms with Crippen LogP contribution >= 0.6 is 0 Å². The van der Waals surface area contributed by atoms with Crippen LogP contribution in [-0.2, 0) is 22.6 Å². The Hall–Kier alpha value is -2.93. The van der Waals surface area contributed by atoms with Crippen molar-refractivity contribution < 1.29 is 14.7 Å². The average molecular weight is 450 g/mol. The first-order valence-electron chi connectivity index (χ1n) is 12.0. The van der Waals surface area contributed by atoms with E-state index in [2.05, 4.69) is 5.32 Å². The fraction of sp³-hybridized carbons (Fsp3) is 0.500. The zero-order valence-corrected chi connectivity index (χ0v) is 18.7. The lowest BCUT2D eigenvalue weighted by molar-refractivity contribution is -0.141. The molecule has 7 nitrogen and oxygen atoms in total. The number of hydrogen-bond donors (Lipinski definition) is 2. The van der Waals surface area contributed by atoms with Gasteiger partial charge in [-0.2, -0.15) is 0 Å². The Morgan fingerprint density at radius 2 is 1.79 bits per heavy atom. The highest BCUT2D eigenvalue weighted by atomic mass is 16.3. The summed E-state index contributed by atoms with van der Waals surface area (Å²) in [6.45, 7) is 0.602. The maximum atomic E-state index is 13.6. The zero-order chi connectivity index (χ0) is 22.9. The molecule has 0 radical (unpaired) electrons. The fourth-order valence-corrected chi connectivity index (χ4v) is 6.14. The summed E-state index contributed by atoms with van der Waals surface area (Å²) in [5.74, 6) is -1.11. The molecule has 4 atom stereocenters. The second-order valence-corrected chi connectivity index (χ2v) is 9.54. The van der Waals surface area contributed by atoms with E-state index in [1.807, 2.05) is 41.3 Å². The largest absolute Gasteiger partial charge is 0.396 e. The van der Waals surface area contributed by atoms with Crippen LogP contribution in [0.5, 0.6) is 0 Å². The minimum Gasteiger partial charge on any atom is -0.396 e. The van der Waals surface area contributed by atoms with Crippen LogP contribution in [0.1, 0.15) is 43.0 Å². The number of nitrogens with one attached hydrogen (secondary N) is 1. The lowest BCUT2D eigenvalue weighted by atomic mass is 9.86. The monoisotopic (exact) mass is 449 g/mol. The van der Waals surface area contributed by atoms with Crippen molar-refractivity contribution in [1.29, 1.82) is 0 Å². The highest BCUT2D eigenvalue weighted by Crippen LogP contribution is 2.49. The van der Waals surface area contributed by atoms with Crippen molar-refractivity contribution in [1.82, 2.24) is 14.8 Å². The lowest BCUT2D eigenvalue weighted by Crippen LogP contribution is -2.50. The van der Waals surface area contributed by atoms with E-state index in [1.165, 1.54) is 6.07 Å². The van der Waals surface area contributed by atoms with Gasteiger partial charge in [-0.15, -0.1) is 0 Å². The summed E-state index contributed by atoms with van der Waals surface area (Å²) < 4.78 is 1.69. The number of aliphatic hydroxyl groups is 1. The van der Waals surface area contributed by atoms with Gasteiger partial charge >= 0.3 is 0 Å². The van der Waals surface area contributed by atoms with E-state index >= 15 is 0 Å². The number of benzene rings is 1. The van der Waals surface area contributed by atoms with Crippen LogP contribution in [0.4, 0.5) is 0 Å². The second kappa shape index (κ2) is 9.14. The number of rotatable bonds is 6. The summed E-state index contributed by atoms with van der Waals surface area (Å²) in [6, 6.07) is 14.1. The third-order valence-electron chi connectivity index (χ3n) is 7.74. The summed E-state index contributed by atoms with van der Waals surface area (Å²) >= 11 is 0. The third kappa shape index (κ3) is 3.88. The van der Waals surface area contributed by atoms with Gasteiger partial charge in [-0.3, -0.25) is 14.4 Å². The van der Waals surface area contributed by atoms with Crippen LogP contribution in [0.25, 0.3) is 0 Å². The Labute approximate surface area is 193 Å². The molecular formula is C26H31N3O4. The molecule has 3 heterocycles. The molecule has 1 saturated heterocycles. The van der Waals surface area contributed by atoms with E-state index in [0.717, 1.165) is 31.2 Å². The molecule has 0 unspecified atom stereocenters. The second-order valence-electron chi connectivity index (χ2n) is 9.54. The first-order valence-corrected chi connectivity index (χ1v) is 12.0. The van der Waals surface area contributed by atoms with Gasteiger partial charge < -0.3 is 19.9 Å². The van der Waals surface area contributed by atoms with Crippen molar-refractivity contribution in [3.63, 3.8) is 0 Å². The SMILES string of the molecule is O=C(NCCc1ccccc1)[C@@H]1[C@@H](CO)[C@@H]2Cn3c(cccc3=O)[C@H]1N2C(=O)C1CCCC1. The minimum absolute atomic E-state index is 0.0313. The van der Waals surface area contributed by atoms with Gasteiger partial charge in [-0.05, 0) is 30.9 Å². The van der Waals surface area contributed by atoms with E-state index in [1.54, 1.807) is 10.6 Å². The first kappa shape index (κ1) is 21.9. The first-order chi connectivity index (χ1) is 16.1. The van der Waals surface area contributed by atoms with Crippen LogP contribution in [0.3, 0.4) is 0 Å². The maximum absolute atomic E-state index is 13.6. The van der Waals surface area contributed by atoms with Gasteiger partial charge in [0, 0.05) is 43.3 Å². The standard InChI is InChI=1S/C26H31N3O4/c30-16-19-21-15-28-20(11-6-12-22(28)31)24(29(21)26(33)18-9-4-5-10-18)23(19)25(32)27-14-13-17-7-2-1-3-8-17/h1-3,6-8,11-12,18-19,21,23-24,30H,4-5,9-10,13-16H2,(H,27,32)/t19-,21-,23+,24+/m0/s1. The highest BCUT2D eigenvalue weighted by Gasteiger charge is 2.57. The predicted octanol–water partition coefficient (Wildman–Crippen LogP) is 1.89. The Morgan fingerprint density at radius 1 is 1.03 bits per heavy atom. The summed E-state index contributed by atoms with van der Waals surface area (Å²) in [5.41, 5.74) is 1.71. The number of aromatic nitrogens is 1. The van der Waals surface area contributed by atoms with Crippen molar-refractivity contribution in [2.45, 2.75) is 50.7 Å². The van der Waals surface area contributed by atoms with Crippen LogP contribution in [0.15, 0.2) is 53.3 Å². The molecule has 1 aromatic heterocycles. The molecule has 2 amide bonds. The molecule has 2 aliphatic heterocycles. The summed E-state index contributed by atoms with van der Waals surface area (Å²) in [4.78, 5) is 41.6. The Bertz CT molecular complexity index is 1080. The molecule has 5 rings (SSSR count). The van der Waals surface area contributed by atoms with Crippen molar-refractivity contribution in [3.05, 3.63) is 70.1 Å². The van der Waals surface area contributed by atoms with Gasteiger partial charge in [0.25, 0.3) is 5.56 Å². The molecule has 1 aliphatic carbocycles. The number of hydrogen-bond acceptors (Lipinski definition) is 4. The van der Waals surface area contributed by atoms with Gasteiger partial charge in [0.15, 0.2) is 0 Å². The van der Waals surface area contributed by atoms with Crippen molar-refractivity contribution in [2.24, 2.45) is 17.8 Å². The van der Waals surface area contributed by atoms with E-state index in [9.17, 15) is 19.5 Å². The number of nitrogens with zero attached hydrogens (tertiary/aromatic N) is 2. The Kier molecular flexibility index (Phi) is 6.06. The van der Waals surface area contributed by atoms with E-state index in [0.29, 0.717) is 25.2 Å². The van der Waals surface area contributed by atoms with Gasteiger partial charge in [0.2, 0.25) is 11.8 Å². The van der Waals surface area contributed by atoms with Crippen molar-refractivity contribution in [3.8, 4) is 0 Å². The van der Waals surface area contributed by atoms with Crippen molar-refractivity contribution >= 4 is 11.8 Å². The maximum Gasteiger partial charge on any atom is 0.250 e. The Morgan fingerprint density at radius 3 is 2.52 bits per heavy atom. The van der Waals surface area contributed by atoms with Crippen LogP contribution in [-0.4, -0.2) is 45.6 Å². The molecule has 2 fully saturated rings. The zero-order valence-electron chi connectivity index (χ0n) is 18.7. The average Bonchev–Trinajstić information content (AvgIpc) is 3.44. The number of pyridine rings is 1. The summed E-state index contributed by atoms with van der Waals surface area (Å²) in [5, 5.41) is 13.4. The molecule has 2 bridgehead atoms. The minimum atomic E-state index is -0.586. The van der Waals surface area contributed by atoms with Gasteiger partial charge in [-0.25, -0.2) is 0 Å². The van der Waals surface area contributed by atoms with Gasteiger partial charge in [-0.1, -0.05) is 49.2 Å². The highest BCUT2D eigenvalue weighted by molar-refractivity contribution is 5.85. The molecule has 2 N–H and O–H groups in total. The number of carbonyl (C=O) groups is 2. The van der Waals surface area contributed by atoms with Gasteiger partial charge in [0.05, 0.1) is 18.0 Å².